The highest BCUT2D eigenvalue weighted by atomic mass is 32.1. The summed E-state index contributed by atoms with van der Waals surface area (Å²) in [4.78, 5) is 8.20. The fraction of sp³-hybridized carbons (Fsp3) is 0.118. The summed E-state index contributed by atoms with van der Waals surface area (Å²) in [7, 11) is 0. The van der Waals surface area contributed by atoms with Gasteiger partial charge in [0, 0.05) is 36.2 Å². The number of hydrogen-bond donors (Lipinski definition) is 0. The molecule has 7 rings (SSSR count). The van der Waals surface area contributed by atoms with Crippen LogP contribution in [0.5, 0.6) is 0 Å². The lowest BCUT2D eigenvalue weighted by Crippen LogP contribution is -2.64. The molecule has 0 aliphatic heterocycles. The SMILES string of the molecule is Cc1sc(/C(C#N)=C2\C(F)=c3c4c(c5c(c3=C2F)=C(F)/C(=C(/C#N)c2nc(C(F)(F)F)c(F)s2)C=5F)=C(F)/C(=C(/C#N)c2nc(C(F)(F)F)c(F)s2)C=4F)nc1C(F)(F)F. The van der Waals surface area contributed by atoms with Crippen molar-refractivity contribution in [3.05, 3.63) is 95.3 Å². The number of halogens is 17. The first kappa shape index (κ1) is 42.0. The third-order valence-electron chi connectivity index (χ3n) is 8.63. The van der Waals surface area contributed by atoms with E-state index in [9.17, 15) is 64.1 Å². The summed E-state index contributed by atoms with van der Waals surface area (Å²) in [6.45, 7) is 0.831. The molecular weight excluding hydrogens is 912 g/mol. The average Bonchev–Trinajstić information content (AvgIpc) is 3.97. The zero-order chi connectivity index (χ0) is 44.5. The number of hydrogen-bond acceptors (Lipinski definition) is 9. The van der Waals surface area contributed by atoms with Gasteiger partial charge >= 0.3 is 18.5 Å². The first-order valence-electron chi connectivity index (χ1n) is 15.2. The fourth-order valence-corrected chi connectivity index (χ4v) is 8.89. The number of thiazole rings is 3. The number of aromatic nitrogens is 3. The third kappa shape index (κ3) is 5.97. The van der Waals surface area contributed by atoms with Gasteiger partial charge in [-0.05, 0) is 6.92 Å². The second kappa shape index (κ2) is 13.7. The summed E-state index contributed by atoms with van der Waals surface area (Å²) in [5.74, 6) is -13.6. The van der Waals surface area contributed by atoms with E-state index in [4.69, 9.17) is 0 Å². The topological polar surface area (TPSA) is 110 Å². The van der Waals surface area contributed by atoms with Crippen LogP contribution in [0.25, 0.3) is 51.7 Å². The Balaban J connectivity index is 1.75. The van der Waals surface area contributed by atoms with E-state index in [1.54, 1.807) is 0 Å². The van der Waals surface area contributed by atoms with Gasteiger partial charge in [-0.3, -0.25) is 0 Å². The molecule has 0 N–H and O–H groups in total. The molecule has 0 amide bonds. The molecule has 0 bridgehead atoms. The summed E-state index contributed by atoms with van der Waals surface area (Å²) in [5, 5.41) is 11.4. The summed E-state index contributed by atoms with van der Waals surface area (Å²) < 4.78 is 250. The van der Waals surface area contributed by atoms with Crippen molar-refractivity contribution in [2.45, 2.75) is 25.5 Å². The first-order valence-corrected chi connectivity index (χ1v) is 17.6. The van der Waals surface area contributed by atoms with Crippen molar-refractivity contribution in [1.82, 2.24) is 15.0 Å². The highest BCUT2D eigenvalue weighted by molar-refractivity contribution is 7.13. The van der Waals surface area contributed by atoms with Gasteiger partial charge in [-0.25, -0.2) is 41.3 Å². The second-order valence-corrected chi connectivity index (χ2v) is 15.0. The van der Waals surface area contributed by atoms with Gasteiger partial charge in [0.15, 0.2) is 17.1 Å². The van der Waals surface area contributed by atoms with E-state index in [2.05, 4.69) is 15.0 Å². The Morgan fingerprint density at radius 3 is 0.850 bits per heavy atom. The summed E-state index contributed by atoms with van der Waals surface area (Å²) in [6, 6.07) is 3.29. The van der Waals surface area contributed by atoms with E-state index in [1.807, 2.05) is 0 Å². The van der Waals surface area contributed by atoms with E-state index in [0.29, 0.717) is 0 Å². The Hall–Kier alpha value is -6.17. The number of fused-ring (bicyclic) bond motifs is 6. The number of nitriles is 3. The van der Waals surface area contributed by atoms with Gasteiger partial charge in [0.1, 0.15) is 84.9 Å². The Bertz CT molecular complexity index is 2860. The maximum Gasteiger partial charge on any atom is 0.437 e. The molecule has 0 radical (unpaired) electrons. The number of aryl methyl sites for hydroxylation is 1. The van der Waals surface area contributed by atoms with Crippen molar-refractivity contribution in [2.24, 2.45) is 0 Å². The van der Waals surface area contributed by atoms with E-state index in [-0.39, 0.29) is 11.3 Å². The zero-order valence-electron chi connectivity index (χ0n) is 27.8. The predicted octanol–water partition coefficient (Wildman–Crippen LogP) is 7.14. The van der Waals surface area contributed by atoms with Crippen LogP contribution in [0.1, 0.15) is 37.0 Å². The molecule has 0 saturated carbocycles. The van der Waals surface area contributed by atoms with Gasteiger partial charge in [0.25, 0.3) is 0 Å². The molecule has 3 heterocycles. The molecule has 0 saturated heterocycles. The number of rotatable bonds is 3. The number of alkyl halides is 9. The maximum atomic E-state index is 16.8. The van der Waals surface area contributed by atoms with E-state index < -0.39 is 188 Å². The van der Waals surface area contributed by atoms with Crippen LogP contribution >= 0.6 is 34.0 Å². The highest BCUT2D eigenvalue weighted by Gasteiger charge is 2.43. The molecule has 0 fully saturated rings. The normalized spacial score (nSPS) is 17.9. The summed E-state index contributed by atoms with van der Waals surface area (Å²) >= 11 is -1.16. The molecule has 4 aromatic rings. The summed E-state index contributed by atoms with van der Waals surface area (Å²) in [5.41, 5.74) is -16.3. The number of allylic oxidation sites excluding steroid dienone is 6. The third-order valence-corrected chi connectivity index (χ3v) is 11.3. The van der Waals surface area contributed by atoms with Crippen LogP contribution < -0.4 is 31.3 Å². The van der Waals surface area contributed by atoms with Gasteiger partial charge < -0.3 is 0 Å². The molecule has 26 heteroatoms. The minimum absolute atomic E-state index is 0.0375. The quantitative estimate of drug-likeness (QED) is 0.160. The van der Waals surface area contributed by atoms with Crippen molar-refractivity contribution < 1.29 is 74.6 Å². The van der Waals surface area contributed by atoms with Crippen LogP contribution in [0, 0.1) is 51.2 Å². The number of benzene rings is 1. The van der Waals surface area contributed by atoms with Crippen LogP contribution in [0.15, 0.2) is 16.7 Å². The van der Waals surface area contributed by atoms with Gasteiger partial charge in [-0.2, -0.15) is 64.1 Å². The zero-order valence-corrected chi connectivity index (χ0v) is 30.3. The molecule has 6 nitrogen and oxygen atoms in total. The smallest absolute Gasteiger partial charge is 0.230 e. The lowest BCUT2D eigenvalue weighted by molar-refractivity contribution is -0.143. The number of nitrogens with zero attached hydrogens (tertiary/aromatic N) is 6. The Morgan fingerprint density at radius 1 is 0.417 bits per heavy atom. The standard InChI is InChI=1S/C34H3F17N6S3/c1-5-24(32(43,44)45)55-29(58-5)6(2-52)9-18(35)12-13(19(9)36)15-17(23(40)11(21(15)38)8(4-54)31-57-26(28(42)60-31)34(49,50)51)16-14(12)20(37)10(22(16)39)7(3-53)30-56-25(27(41)59-30)33(46,47)48/h1H3/b9-6-,10-7+,11-8-. The molecule has 3 aliphatic rings. The van der Waals surface area contributed by atoms with Gasteiger partial charge in [-0.15, -0.1) is 11.3 Å². The van der Waals surface area contributed by atoms with Crippen molar-refractivity contribution in [3.8, 4) is 18.2 Å². The molecule has 306 valence electrons. The van der Waals surface area contributed by atoms with E-state index in [0.717, 1.165) is 19.1 Å². The Morgan fingerprint density at radius 2 is 0.650 bits per heavy atom. The van der Waals surface area contributed by atoms with Crippen LogP contribution in [-0.4, -0.2) is 15.0 Å². The van der Waals surface area contributed by atoms with Crippen LogP contribution in [0.3, 0.4) is 0 Å². The second-order valence-electron chi connectivity index (χ2n) is 11.9. The van der Waals surface area contributed by atoms with Gasteiger partial charge in [0.2, 0.25) is 10.3 Å². The van der Waals surface area contributed by atoms with E-state index >= 15 is 26.3 Å². The van der Waals surface area contributed by atoms with Gasteiger partial charge in [0.05, 0.1) is 16.7 Å². The van der Waals surface area contributed by atoms with Crippen molar-refractivity contribution >= 4 is 85.7 Å². The minimum atomic E-state index is -5.56. The lowest BCUT2D eigenvalue weighted by Gasteiger charge is -2.03. The Kier molecular flexibility index (Phi) is 9.57. The average molecular weight is 915 g/mol. The molecule has 60 heavy (non-hydrogen) atoms. The maximum absolute atomic E-state index is 16.8. The minimum Gasteiger partial charge on any atom is -0.230 e. The highest BCUT2D eigenvalue weighted by Crippen LogP contribution is 2.43. The molecule has 0 atom stereocenters. The lowest BCUT2D eigenvalue weighted by atomic mass is 10.1. The molecule has 1 aromatic carbocycles. The Labute approximate surface area is 329 Å². The molecule has 3 aromatic heterocycles. The summed E-state index contributed by atoms with van der Waals surface area (Å²) in [6.07, 6.45) is -16.3. The molecule has 3 aliphatic carbocycles. The molecule has 0 spiro atoms. The largest absolute Gasteiger partial charge is 0.437 e. The molecule has 0 unspecified atom stereocenters. The van der Waals surface area contributed by atoms with Crippen molar-refractivity contribution in [2.75, 3.05) is 0 Å². The van der Waals surface area contributed by atoms with Gasteiger partial charge in [-0.1, -0.05) is 22.7 Å². The van der Waals surface area contributed by atoms with E-state index in [1.165, 1.54) is 6.07 Å². The van der Waals surface area contributed by atoms with Crippen LogP contribution in [0.4, 0.5) is 74.6 Å². The predicted molar refractivity (Wildman–Crippen MR) is 175 cm³/mol. The molecular formula is C34H3F17N6S3. The monoisotopic (exact) mass is 914 g/mol. The van der Waals surface area contributed by atoms with Crippen LogP contribution in [0.2, 0.25) is 0 Å². The van der Waals surface area contributed by atoms with Crippen molar-refractivity contribution in [1.29, 1.82) is 15.8 Å². The van der Waals surface area contributed by atoms with Crippen LogP contribution in [-0.2, 0) is 18.5 Å². The van der Waals surface area contributed by atoms with Crippen molar-refractivity contribution in [3.63, 3.8) is 0 Å². The fourth-order valence-electron chi connectivity index (χ4n) is 6.33. The first-order chi connectivity index (χ1) is 27.8.